The zero-order chi connectivity index (χ0) is 23.8. The van der Waals surface area contributed by atoms with Gasteiger partial charge in [0.15, 0.2) is 5.82 Å². The third-order valence-electron chi connectivity index (χ3n) is 5.85. The van der Waals surface area contributed by atoms with E-state index in [4.69, 9.17) is 9.84 Å². The van der Waals surface area contributed by atoms with Crippen molar-refractivity contribution in [3.05, 3.63) is 59.3 Å². The maximum atomic E-state index is 13.3. The van der Waals surface area contributed by atoms with Crippen LogP contribution < -0.4 is 10.1 Å². The molecule has 1 saturated heterocycles. The van der Waals surface area contributed by atoms with Gasteiger partial charge in [-0.1, -0.05) is 12.1 Å². The van der Waals surface area contributed by atoms with Crippen molar-refractivity contribution >= 4 is 22.7 Å². The topological polar surface area (TPSA) is 87.6 Å². The number of fused-ring (bicyclic) bond motifs is 1. The zero-order valence-electron chi connectivity index (χ0n) is 18.1. The maximum Gasteiger partial charge on any atom is 0.416 e. The predicted molar refractivity (Wildman–Crippen MR) is 116 cm³/mol. The number of hydrogen-bond donors (Lipinski definition) is 2. The molecule has 2 atom stereocenters. The number of rotatable bonds is 5. The number of carbonyl (C=O) groups is 1. The van der Waals surface area contributed by atoms with Crippen molar-refractivity contribution < 1.29 is 27.8 Å². The number of nitrogens with zero attached hydrogens (tertiary/aromatic N) is 3. The van der Waals surface area contributed by atoms with Crippen LogP contribution in [0.2, 0.25) is 0 Å². The standard InChI is InChI=1S/C23H23F3N4O3/c1-13-18(4-3-5-20(13)23(24,25)26)14(2)28-21-19-10-16(7-6-15(19)11-27-29-21)33-17-8-9-30(12-17)22(31)32/h3-7,10-11,14,17H,8-9,12H2,1-2H3,(H,28,29)(H,31,32)/t14-,17+/m1/s1. The molecule has 2 aromatic carbocycles. The number of nitrogens with one attached hydrogen (secondary N) is 1. The highest BCUT2D eigenvalue weighted by Gasteiger charge is 2.33. The molecule has 33 heavy (non-hydrogen) atoms. The van der Waals surface area contributed by atoms with E-state index < -0.39 is 23.9 Å². The number of ether oxygens (including phenoxy) is 1. The van der Waals surface area contributed by atoms with Crippen molar-refractivity contribution in [1.82, 2.24) is 15.1 Å². The Morgan fingerprint density at radius 3 is 2.79 bits per heavy atom. The Kier molecular flexibility index (Phi) is 6.01. The minimum atomic E-state index is -4.43. The summed E-state index contributed by atoms with van der Waals surface area (Å²) in [6.45, 7) is 3.93. The van der Waals surface area contributed by atoms with Gasteiger partial charge in [0.2, 0.25) is 0 Å². The van der Waals surface area contributed by atoms with Crippen LogP contribution in [0.4, 0.5) is 23.8 Å². The van der Waals surface area contributed by atoms with Crippen molar-refractivity contribution in [2.24, 2.45) is 0 Å². The van der Waals surface area contributed by atoms with Gasteiger partial charge in [0.1, 0.15) is 11.9 Å². The van der Waals surface area contributed by atoms with E-state index in [1.54, 1.807) is 31.3 Å². The lowest BCUT2D eigenvalue weighted by Crippen LogP contribution is -2.29. The van der Waals surface area contributed by atoms with Gasteiger partial charge in [-0.25, -0.2) is 4.79 Å². The van der Waals surface area contributed by atoms with Crippen LogP contribution in [0, 0.1) is 6.92 Å². The van der Waals surface area contributed by atoms with Gasteiger partial charge in [-0.15, -0.1) is 5.10 Å². The van der Waals surface area contributed by atoms with Crippen molar-refractivity contribution in [2.75, 3.05) is 18.4 Å². The van der Waals surface area contributed by atoms with Gasteiger partial charge in [-0.2, -0.15) is 18.3 Å². The molecule has 2 heterocycles. The Morgan fingerprint density at radius 2 is 2.09 bits per heavy atom. The molecule has 3 aromatic rings. The lowest BCUT2D eigenvalue weighted by atomic mass is 9.97. The number of benzene rings is 2. The molecular weight excluding hydrogens is 437 g/mol. The lowest BCUT2D eigenvalue weighted by Gasteiger charge is -2.21. The van der Waals surface area contributed by atoms with Crippen LogP contribution in [0.3, 0.4) is 0 Å². The number of likely N-dealkylation sites (tertiary alicyclic amines) is 1. The van der Waals surface area contributed by atoms with Gasteiger partial charge in [-0.3, -0.25) is 0 Å². The summed E-state index contributed by atoms with van der Waals surface area (Å²) in [6.07, 6.45) is -3.47. The molecule has 4 rings (SSSR count). The lowest BCUT2D eigenvalue weighted by molar-refractivity contribution is -0.138. The fourth-order valence-corrected chi connectivity index (χ4v) is 4.14. The Bertz CT molecular complexity index is 1190. The van der Waals surface area contributed by atoms with Crippen molar-refractivity contribution in [3.63, 3.8) is 0 Å². The highest BCUT2D eigenvalue weighted by Crippen LogP contribution is 2.36. The first-order chi connectivity index (χ1) is 15.6. The molecule has 0 radical (unpaired) electrons. The van der Waals surface area contributed by atoms with Crippen LogP contribution in [0.25, 0.3) is 10.8 Å². The summed E-state index contributed by atoms with van der Waals surface area (Å²) in [6, 6.07) is 9.03. The third kappa shape index (κ3) is 4.79. The van der Waals surface area contributed by atoms with Crippen LogP contribution in [0.15, 0.2) is 42.6 Å². The second-order valence-corrected chi connectivity index (χ2v) is 8.08. The Balaban J connectivity index is 1.58. The Hall–Kier alpha value is -3.56. The highest BCUT2D eigenvalue weighted by atomic mass is 19.4. The number of hydrogen-bond acceptors (Lipinski definition) is 5. The minimum Gasteiger partial charge on any atom is -0.488 e. The van der Waals surface area contributed by atoms with Gasteiger partial charge in [0.25, 0.3) is 0 Å². The zero-order valence-corrected chi connectivity index (χ0v) is 18.1. The van der Waals surface area contributed by atoms with Gasteiger partial charge in [-0.05, 0) is 49.2 Å². The van der Waals surface area contributed by atoms with Gasteiger partial charge < -0.3 is 20.1 Å². The summed E-state index contributed by atoms with van der Waals surface area (Å²) < 4.78 is 45.9. The summed E-state index contributed by atoms with van der Waals surface area (Å²) in [5.41, 5.74) is 0.00231. The molecule has 0 unspecified atom stereocenters. The number of amides is 1. The second kappa shape index (κ2) is 8.76. The molecule has 0 bridgehead atoms. The quantitative estimate of drug-likeness (QED) is 0.540. The summed E-state index contributed by atoms with van der Waals surface area (Å²) in [5.74, 6) is 0.972. The van der Waals surface area contributed by atoms with Gasteiger partial charge >= 0.3 is 12.3 Å². The summed E-state index contributed by atoms with van der Waals surface area (Å²) in [7, 11) is 0. The SMILES string of the molecule is Cc1c([C@@H](C)Nc2nncc3ccc(O[C@H]4CCN(C(=O)O)C4)cc23)cccc1C(F)(F)F. The van der Waals surface area contributed by atoms with E-state index in [2.05, 4.69) is 15.5 Å². The smallest absolute Gasteiger partial charge is 0.416 e. The molecule has 1 fully saturated rings. The molecule has 174 valence electrons. The number of carboxylic acid groups (broad SMARTS) is 1. The summed E-state index contributed by atoms with van der Waals surface area (Å²) >= 11 is 0. The Labute approximate surface area is 188 Å². The van der Waals surface area contributed by atoms with E-state index in [0.29, 0.717) is 42.0 Å². The van der Waals surface area contributed by atoms with Crippen LogP contribution in [0.5, 0.6) is 5.75 Å². The normalized spacial score (nSPS) is 17.2. The third-order valence-corrected chi connectivity index (χ3v) is 5.85. The van der Waals surface area contributed by atoms with Gasteiger partial charge in [0.05, 0.1) is 24.3 Å². The van der Waals surface area contributed by atoms with E-state index in [1.807, 2.05) is 6.07 Å². The van der Waals surface area contributed by atoms with Crippen molar-refractivity contribution in [3.8, 4) is 5.75 Å². The van der Waals surface area contributed by atoms with Crippen LogP contribution in [-0.2, 0) is 6.18 Å². The fraction of sp³-hybridized carbons (Fsp3) is 0.348. The first-order valence-corrected chi connectivity index (χ1v) is 10.5. The molecule has 1 amide bonds. The van der Waals surface area contributed by atoms with Gasteiger partial charge in [0, 0.05) is 23.7 Å². The van der Waals surface area contributed by atoms with Crippen molar-refractivity contribution in [2.45, 2.75) is 38.6 Å². The van der Waals surface area contributed by atoms with E-state index >= 15 is 0 Å². The first-order valence-electron chi connectivity index (χ1n) is 10.5. The Morgan fingerprint density at radius 1 is 1.30 bits per heavy atom. The molecule has 1 aliphatic heterocycles. The van der Waals surface area contributed by atoms with Crippen LogP contribution >= 0.6 is 0 Å². The van der Waals surface area contributed by atoms with Crippen LogP contribution in [-0.4, -0.2) is 45.5 Å². The molecular formula is C23H23F3N4O3. The molecule has 1 aliphatic rings. The number of halogens is 3. The largest absolute Gasteiger partial charge is 0.488 e. The van der Waals surface area contributed by atoms with Crippen LogP contribution in [0.1, 0.15) is 36.1 Å². The second-order valence-electron chi connectivity index (χ2n) is 8.08. The van der Waals surface area contributed by atoms with E-state index in [0.717, 1.165) is 11.5 Å². The molecule has 7 nitrogen and oxygen atoms in total. The van der Waals surface area contributed by atoms with Crippen molar-refractivity contribution in [1.29, 1.82) is 0 Å². The van der Waals surface area contributed by atoms with E-state index in [1.165, 1.54) is 17.9 Å². The maximum absolute atomic E-state index is 13.3. The predicted octanol–water partition coefficient (Wildman–Crippen LogP) is 5.26. The monoisotopic (exact) mass is 460 g/mol. The van der Waals surface area contributed by atoms with E-state index in [9.17, 15) is 18.0 Å². The molecule has 1 aromatic heterocycles. The first kappa shape index (κ1) is 22.6. The molecule has 10 heteroatoms. The minimum absolute atomic E-state index is 0.159. The average Bonchev–Trinajstić information content (AvgIpc) is 3.22. The fourth-order valence-electron chi connectivity index (χ4n) is 4.14. The average molecular weight is 460 g/mol. The molecule has 0 aliphatic carbocycles. The summed E-state index contributed by atoms with van der Waals surface area (Å²) in [5, 5.41) is 21.9. The van der Waals surface area contributed by atoms with E-state index in [-0.39, 0.29) is 11.7 Å². The highest BCUT2D eigenvalue weighted by molar-refractivity contribution is 5.92. The number of aromatic nitrogens is 2. The number of alkyl halides is 3. The molecule has 2 N–H and O–H groups in total. The summed E-state index contributed by atoms with van der Waals surface area (Å²) in [4.78, 5) is 12.4. The molecule has 0 spiro atoms. The molecule has 0 saturated carbocycles. The number of anilines is 1.